The zero-order chi connectivity index (χ0) is 15.7. The van der Waals surface area contributed by atoms with Gasteiger partial charge in [-0.1, -0.05) is 28.1 Å². The molecule has 1 aromatic carbocycles. The molecule has 0 radical (unpaired) electrons. The van der Waals surface area contributed by atoms with E-state index in [0.717, 1.165) is 19.7 Å². The Morgan fingerprint density at radius 1 is 1.48 bits per heavy atom. The van der Waals surface area contributed by atoms with Gasteiger partial charge in [-0.25, -0.2) is 0 Å². The van der Waals surface area contributed by atoms with Crippen LogP contribution in [0.5, 0.6) is 0 Å². The van der Waals surface area contributed by atoms with Crippen molar-refractivity contribution in [3.05, 3.63) is 33.8 Å². The second-order valence-corrected chi connectivity index (χ2v) is 6.11. The van der Waals surface area contributed by atoms with Crippen molar-refractivity contribution in [1.82, 2.24) is 5.32 Å². The van der Waals surface area contributed by atoms with Gasteiger partial charge in [0.15, 0.2) is 0 Å². The maximum atomic E-state index is 10.4. The van der Waals surface area contributed by atoms with Crippen LogP contribution in [-0.4, -0.2) is 31.2 Å². The van der Waals surface area contributed by atoms with Crippen LogP contribution in [0.25, 0.3) is 0 Å². The first kappa shape index (κ1) is 16.5. The van der Waals surface area contributed by atoms with Crippen LogP contribution in [0.3, 0.4) is 0 Å². The summed E-state index contributed by atoms with van der Waals surface area (Å²) in [7, 11) is 0. The Bertz CT molecular complexity index is 535. The van der Waals surface area contributed by atoms with Gasteiger partial charge in [-0.2, -0.15) is 13.2 Å². The highest BCUT2D eigenvalue weighted by molar-refractivity contribution is 9.10. The van der Waals surface area contributed by atoms with E-state index >= 15 is 0 Å². The number of rotatable bonds is 0. The van der Waals surface area contributed by atoms with Gasteiger partial charge in [0.25, 0.3) is 0 Å². The van der Waals surface area contributed by atoms with Crippen molar-refractivity contribution in [2.75, 3.05) is 13.1 Å². The number of fused-ring (bicyclic) bond motifs is 3. The first-order valence-corrected chi connectivity index (χ1v) is 7.21. The van der Waals surface area contributed by atoms with Crippen molar-refractivity contribution in [2.45, 2.75) is 31.2 Å². The number of hydrogen-bond donors (Lipinski definition) is 1. The summed E-state index contributed by atoms with van der Waals surface area (Å²) in [6.07, 6.45) is -5.70. The summed E-state index contributed by atoms with van der Waals surface area (Å²) in [4.78, 5) is 8.70. The van der Waals surface area contributed by atoms with E-state index < -0.39 is 12.5 Å². The molecule has 3 nitrogen and oxygen atoms in total. The maximum absolute atomic E-state index is 10.4. The molecule has 1 aromatic rings. The molecule has 1 fully saturated rings. The average Bonchev–Trinajstić information content (AvgIpc) is 2.81. The van der Waals surface area contributed by atoms with E-state index in [0.29, 0.717) is 5.92 Å². The molecule has 2 aliphatic rings. The van der Waals surface area contributed by atoms with Gasteiger partial charge in [-0.3, -0.25) is 4.79 Å². The number of ether oxygens (including phenoxy) is 1. The number of nitrogens with one attached hydrogen (secondary N) is 1. The summed E-state index contributed by atoms with van der Waals surface area (Å²) >= 11 is 3.60. The molecular formula is C14H15BrF3NO2. The van der Waals surface area contributed by atoms with Gasteiger partial charge in [0.1, 0.15) is 0 Å². The Balaban J connectivity index is 0.000000232. The summed E-state index contributed by atoms with van der Waals surface area (Å²) < 4.78 is 38.4. The summed E-state index contributed by atoms with van der Waals surface area (Å²) in [6.45, 7) is 4.93. The third-order valence-corrected chi connectivity index (χ3v) is 4.51. The zero-order valence-electron chi connectivity index (χ0n) is 11.3. The minimum absolute atomic E-state index is 0.00616. The molecule has 0 aliphatic carbocycles. The topological polar surface area (TPSA) is 38.3 Å². The lowest BCUT2D eigenvalue weighted by Crippen LogP contribution is -2.39. The lowest BCUT2D eigenvalue weighted by Gasteiger charge is -2.37. The first-order chi connectivity index (χ1) is 9.77. The largest absolute Gasteiger partial charge is 0.446 e. The predicted octanol–water partition coefficient (Wildman–Crippen LogP) is 3.17. The molecule has 2 atom stereocenters. The van der Waals surface area contributed by atoms with Crippen molar-refractivity contribution in [1.29, 1.82) is 0 Å². The van der Waals surface area contributed by atoms with E-state index in [9.17, 15) is 13.2 Å². The highest BCUT2D eigenvalue weighted by atomic mass is 79.9. The zero-order valence-corrected chi connectivity index (χ0v) is 12.9. The number of benzene rings is 1. The quantitative estimate of drug-likeness (QED) is 0.717. The summed E-state index contributed by atoms with van der Waals surface area (Å²) in [6, 6.07) is 6.44. The van der Waals surface area contributed by atoms with Crippen molar-refractivity contribution < 1.29 is 22.7 Å². The lowest BCUT2D eigenvalue weighted by molar-refractivity contribution is -0.156. The Labute approximate surface area is 129 Å². The van der Waals surface area contributed by atoms with Crippen LogP contribution in [0, 0.1) is 0 Å². The van der Waals surface area contributed by atoms with Crippen molar-refractivity contribution in [2.24, 2.45) is 0 Å². The highest BCUT2D eigenvalue weighted by Gasteiger charge is 2.44. The van der Waals surface area contributed by atoms with Crippen LogP contribution in [0.2, 0.25) is 0 Å². The second-order valence-electron chi connectivity index (χ2n) is 5.25. The molecule has 0 aromatic heterocycles. The molecule has 0 unspecified atom stereocenters. The monoisotopic (exact) mass is 365 g/mol. The van der Waals surface area contributed by atoms with Gasteiger partial charge in [0.2, 0.25) is 6.29 Å². The molecule has 0 spiro atoms. The third-order valence-electron chi connectivity index (χ3n) is 3.77. The molecule has 7 heteroatoms. The molecule has 1 N–H and O–H groups in total. The van der Waals surface area contributed by atoms with E-state index in [4.69, 9.17) is 9.53 Å². The normalized spacial score (nSPS) is 27.2. The van der Waals surface area contributed by atoms with Gasteiger partial charge in [-0.05, 0) is 24.1 Å². The maximum Gasteiger partial charge on any atom is 0.446 e. The molecule has 21 heavy (non-hydrogen) atoms. The van der Waals surface area contributed by atoms with Gasteiger partial charge >= 0.3 is 6.18 Å². The number of alkyl halides is 3. The smallest absolute Gasteiger partial charge is 0.369 e. The molecule has 1 saturated heterocycles. The molecule has 0 bridgehead atoms. The van der Waals surface area contributed by atoms with E-state index in [1.807, 2.05) is 0 Å². The Morgan fingerprint density at radius 2 is 2.14 bits per heavy atom. The number of hydrogen-bond acceptors (Lipinski definition) is 3. The SMILES string of the molecule is C[C@]12CNC[C@H]1c1cccc(Br)c1CO2.O=CC(F)(F)F. The van der Waals surface area contributed by atoms with Crippen LogP contribution in [0.4, 0.5) is 13.2 Å². The lowest BCUT2D eigenvalue weighted by atomic mass is 9.82. The van der Waals surface area contributed by atoms with E-state index in [-0.39, 0.29) is 5.60 Å². The van der Waals surface area contributed by atoms with E-state index in [1.165, 1.54) is 15.6 Å². The number of carbonyl (C=O) groups excluding carboxylic acids is 1. The van der Waals surface area contributed by atoms with E-state index in [2.05, 4.69) is 46.4 Å². The minimum atomic E-state index is -4.64. The Kier molecular flexibility index (Phi) is 4.75. The molecule has 116 valence electrons. The molecule has 3 rings (SSSR count). The van der Waals surface area contributed by atoms with E-state index in [1.54, 1.807) is 0 Å². The van der Waals surface area contributed by atoms with Crippen LogP contribution < -0.4 is 5.32 Å². The standard InChI is InChI=1S/C12H14BrNO.C2HF3O/c1-12-7-14-5-10(12)8-3-2-4-11(13)9(8)6-15-12;3-2(4,5)1-6/h2-4,10,14H,5-7H2,1H3;1H/t10-,12-;/m0./s1. The van der Waals surface area contributed by atoms with Crippen molar-refractivity contribution >= 4 is 22.2 Å². The fourth-order valence-corrected chi connectivity index (χ4v) is 3.18. The van der Waals surface area contributed by atoms with Crippen molar-refractivity contribution in [3.8, 4) is 0 Å². The Hall–Kier alpha value is -0.920. The number of aldehydes is 1. The minimum Gasteiger partial charge on any atom is -0.369 e. The van der Waals surface area contributed by atoms with Gasteiger partial charge in [-0.15, -0.1) is 0 Å². The average molecular weight is 366 g/mol. The summed E-state index contributed by atoms with van der Waals surface area (Å²) in [5, 5.41) is 3.42. The predicted molar refractivity (Wildman–Crippen MR) is 75.1 cm³/mol. The molecule has 0 saturated carbocycles. The van der Waals surface area contributed by atoms with Gasteiger partial charge in [0.05, 0.1) is 12.2 Å². The number of carbonyl (C=O) groups is 1. The summed E-state index contributed by atoms with van der Waals surface area (Å²) in [5.74, 6) is 0.499. The van der Waals surface area contributed by atoms with Gasteiger partial charge in [0, 0.05) is 23.5 Å². The van der Waals surface area contributed by atoms with Gasteiger partial charge < -0.3 is 10.1 Å². The Morgan fingerprint density at radius 3 is 2.76 bits per heavy atom. The number of halogens is 4. The first-order valence-electron chi connectivity index (χ1n) is 6.42. The van der Waals surface area contributed by atoms with Crippen LogP contribution >= 0.6 is 15.9 Å². The molecule has 2 heterocycles. The highest BCUT2D eigenvalue weighted by Crippen LogP contribution is 2.42. The third kappa shape index (κ3) is 3.64. The van der Waals surface area contributed by atoms with Crippen LogP contribution in [0.15, 0.2) is 22.7 Å². The van der Waals surface area contributed by atoms with Crippen LogP contribution in [-0.2, 0) is 16.1 Å². The fourth-order valence-electron chi connectivity index (χ4n) is 2.69. The fraction of sp³-hybridized carbons (Fsp3) is 0.500. The molecule has 2 aliphatic heterocycles. The van der Waals surface area contributed by atoms with Crippen LogP contribution in [0.1, 0.15) is 24.0 Å². The second kappa shape index (κ2) is 6.06. The molecular weight excluding hydrogens is 351 g/mol. The van der Waals surface area contributed by atoms with Crippen molar-refractivity contribution in [3.63, 3.8) is 0 Å². The molecule has 0 amide bonds. The summed E-state index contributed by atoms with van der Waals surface area (Å²) in [5.41, 5.74) is 2.76.